The maximum absolute atomic E-state index is 13.1. The molecule has 0 aliphatic carbocycles. The van der Waals surface area contributed by atoms with E-state index < -0.39 is 11.6 Å². The Labute approximate surface area is 105 Å². The van der Waals surface area contributed by atoms with Gasteiger partial charge < -0.3 is 4.74 Å². The second-order valence-corrected chi connectivity index (χ2v) is 4.40. The van der Waals surface area contributed by atoms with Gasteiger partial charge in [0.05, 0.1) is 0 Å². The standard InChI is InChI=1S/C15H14F2O/c1-10(2)14-5-3-4-6-15(14)18-13-8-11(16)7-12(17)9-13/h3-10H,1-2H3. The van der Waals surface area contributed by atoms with E-state index >= 15 is 0 Å². The van der Waals surface area contributed by atoms with E-state index in [0.29, 0.717) is 5.75 Å². The third-order valence-electron chi connectivity index (χ3n) is 2.60. The van der Waals surface area contributed by atoms with E-state index in [9.17, 15) is 8.78 Å². The maximum Gasteiger partial charge on any atom is 0.133 e. The molecule has 18 heavy (non-hydrogen) atoms. The van der Waals surface area contributed by atoms with Crippen molar-refractivity contribution in [2.24, 2.45) is 0 Å². The van der Waals surface area contributed by atoms with Crippen molar-refractivity contribution in [3.63, 3.8) is 0 Å². The third-order valence-corrected chi connectivity index (χ3v) is 2.60. The van der Waals surface area contributed by atoms with Crippen molar-refractivity contribution in [3.8, 4) is 11.5 Å². The largest absolute Gasteiger partial charge is 0.457 e. The van der Waals surface area contributed by atoms with Crippen molar-refractivity contribution in [2.45, 2.75) is 19.8 Å². The molecule has 0 bridgehead atoms. The molecule has 0 unspecified atom stereocenters. The van der Waals surface area contributed by atoms with Gasteiger partial charge in [0, 0.05) is 18.2 Å². The number of hydrogen-bond acceptors (Lipinski definition) is 1. The normalized spacial score (nSPS) is 10.7. The molecule has 0 aliphatic rings. The summed E-state index contributed by atoms with van der Waals surface area (Å²) in [6.45, 7) is 4.07. The molecule has 3 heteroatoms. The molecule has 1 nitrogen and oxygen atoms in total. The highest BCUT2D eigenvalue weighted by atomic mass is 19.1. The molecule has 2 rings (SSSR count). The fourth-order valence-corrected chi connectivity index (χ4v) is 1.76. The summed E-state index contributed by atoms with van der Waals surface area (Å²) in [6, 6.07) is 10.6. The minimum atomic E-state index is -0.646. The lowest BCUT2D eigenvalue weighted by atomic mass is 10.0. The van der Waals surface area contributed by atoms with Crippen LogP contribution in [0.5, 0.6) is 11.5 Å². The molecule has 0 aromatic heterocycles. The Kier molecular flexibility index (Phi) is 3.60. The summed E-state index contributed by atoms with van der Waals surface area (Å²) >= 11 is 0. The lowest BCUT2D eigenvalue weighted by molar-refractivity contribution is 0.460. The Hall–Kier alpha value is -1.90. The zero-order valence-corrected chi connectivity index (χ0v) is 10.3. The van der Waals surface area contributed by atoms with Gasteiger partial charge >= 0.3 is 0 Å². The average molecular weight is 248 g/mol. The van der Waals surface area contributed by atoms with Gasteiger partial charge in [-0.05, 0) is 17.5 Å². The van der Waals surface area contributed by atoms with Crippen molar-refractivity contribution < 1.29 is 13.5 Å². The first-order valence-corrected chi connectivity index (χ1v) is 5.79. The van der Waals surface area contributed by atoms with Gasteiger partial charge in [-0.25, -0.2) is 8.78 Å². The molecule has 0 atom stereocenters. The van der Waals surface area contributed by atoms with Crippen LogP contribution in [-0.4, -0.2) is 0 Å². The first-order chi connectivity index (χ1) is 8.56. The van der Waals surface area contributed by atoms with Crippen LogP contribution in [0.4, 0.5) is 8.78 Å². The van der Waals surface area contributed by atoms with Crippen LogP contribution in [0, 0.1) is 11.6 Å². The van der Waals surface area contributed by atoms with E-state index in [-0.39, 0.29) is 11.7 Å². The summed E-state index contributed by atoms with van der Waals surface area (Å²) in [7, 11) is 0. The molecule has 0 spiro atoms. The summed E-state index contributed by atoms with van der Waals surface area (Å²) in [6.07, 6.45) is 0. The summed E-state index contributed by atoms with van der Waals surface area (Å²) in [5.74, 6) is -0.225. The molecular formula is C15H14F2O. The zero-order valence-electron chi connectivity index (χ0n) is 10.3. The molecule has 0 fully saturated rings. The number of hydrogen-bond donors (Lipinski definition) is 0. The first kappa shape index (κ1) is 12.6. The SMILES string of the molecule is CC(C)c1ccccc1Oc1cc(F)cc(F)c1. The predicted molar refractivity (Wildman–Crippen MR) is 67.0 cm³/mol. The van der Waals surface area contributed by atoms with E-state index in [0.717, 1.165) is 11.6 Å². The van der Waals surface area contributed by atoms with Crippen LogP contribution in [0.2, 0.25) is 0 Å². The molecule has 0 aliphatic heterocycles. The lowest BCUT2D eigenvalue weighted by Crippen LogP contribution is -1.94. The molecule has 0 saturated carbocycles. The lowest BCUT2D eigenvalue weighted by Gasteiger charge is -2.13. The Morgan fingerprint density at radius 3 is 2.17 bits per heavy atom. The Morgan fingerprint density at radius 2 is 1.56 bits per heavy atom. The van der Waals surface area contributed by atoms with Gasteiger partial charge in [0.25, 0.3) is 0 Å². The predicted octanol–water partition coefficient (Wildman–Crippen LogP) is 4.88. The van der Waals surface area contributed by atoms with Crippen molar-refractivity contribution in [1.29, 1.82) is 0 Å². The van der Waals surface area contributed by atoms with Crippen LogP contribution in [0.3, 0.4) is 0 Å². The number of benzene rings is 2. The number of rotatable bonds is 3. The third kappa shape index (κ3) is 2.86. The minimum absolute atomic E-state index is 0.167. The molecule has 2 aromatic rings. The van der Waals surface area contributed by atoms with Gasteiger partial charge in [0.15, 0.2) is 0 Å². The van der Waals surface area contributed by atoms with Crippen LogP contribution in [0.15, 0.2) is 42.5 Å². The zero-order chi connectivity index (χ0) is 13.1. The van der Waals surface area contributed by atoms with Crippen LogP contribution >= 0.6 is 0 Å². The van der Waals surface area contributed by atoms with Crippen LogP contribution < -0.4 is 4.74 Å². The van der Waals surface area contributed by atoms with Gasteiger partial charge in [0.2, 0.25) is 0 Å². The number of para-hydroxylation sites is 1. The number of halogens is 2. The Balaban J connectivity index is 2.34. The summed E-state index contributed by atoms with van der Waals surface area (Å²) in [5, 5.41) is 0. The highest BCUT2D eigenvalue weighted by Gasteiger charge is 2.09. The van der Waals surface area contributed by atoms with Crippen molar-refractivity contribution >= 4 is 0 Å². The summed E-state index contributed by atoms with van der Waals surface area (Å²) in [4.78, 5) is 0. The minimum Gasteiger partial charge on any atom is -0.457 e. The van der Waals surface area contributed by atoms with E-state index in [1.807, 2.05) is 32.0 Å². The topological polar surface area (TPSA) is 9.23 Å². The molecule has 94 valence electrons. The van der Waals surface area contributed by atoms with Gasteiger partial charge in [-0.2, -0.15) is 0 Å². The second-order valence-electron chi connectivity index (χ2n) is 4.40. The maximum atomic E-state index is 13.1. The molecule has 2 aromatic carbocycles. The van der Waals surface area contributed by atoms with Crippen LogP contribution in [-0.2, 0) is 0 Å². The molecule has 0 N–H and O–H groups in total. The fraction of sp³-hybridized carbons (Fsp3) is 0.200. The fourth-order valence-electron chi connectivity index (χ4n) is 1.76. The molecular weight excluding hydrogens is 234 g/mol. The van der Waals surface area contributed by atoms with E-state index in [2.05, 4.69) is 0 Å². The van der Waals surface area contributed by atoms with E-state index in [1.165, 1.54) is 12.1 Å². The number of ether oxygens (including phenoxy) is 1. The summed E-state index contributed by atoms with van der Waals surface area (Å²) in [5.41, 5.74) is 1.00. The van der Waals surface area contributed by atoms with Crippen LogP contribution in [0.25, 0.3) is 0 Å². The molecule has 0 saturated heterocycles. The highest BCUT2D eigenvalue weighted by molar-refractivity contribution is 5.39. The average Bonchev–Trinajstić information content (AvgIpc) is 2.27. The van der Waals surface area contributed by atoms with E-state index in [4.69, 9.17) is 4.74 Å². The first-order valence-electron chi connectivity index (χ1n) is 5.79. The highest BCUT2D eigenvalue weighted by Crippen LogP contribution is 2.30. The van der Waals surface area contributed by atoms with Gasteiger partial charge in [-0.15, -0.1) is 0 Å². The van der Waals surface area contributed by atoms with Gasteiger partial charge in [-0.3, -0.25) is 0 Å². The summed E-state index contributed by atoms with van der Waals surface area (Å²) < 4.78 is 31.7. The van der Waals surface area contributed by atoms with Crippen LogP contribution in [0.1, 0.15) is 25.3 Å². The van der Waals surface area contributed by atoms with Gasteiger partial charge in [0.1, 0.15) is 23.1 Å². The Morgan fingerprint density at radius 1 is 0.944 bits per heavy atom. The molecule has 0 heterocycles. The van der Waals surface area contributed by atoms with Crippen molar-refractivity contribution in [3.05, 3.63) is 59.7 Å². The monoisotopic (exact) mass is 248 g/mol. The smallest absolute Gasteiger partial charge is 0.133 e. The molecule has 0 radical (unpaired) electrons. The van der Waals surface area contributed by atoms with Gasteiger partial charge in [-0.1, -0.05) is 32.0 Å². The quantitative estimate of drug-likeness (QED) is 0.752. The van der Waals surface area contributed by atoms with Crippen molar-refractivity contribution in [1.82, 2.24) is 0 Å². The van der Waals surface area contributed by atoms with E-state index in [1.54, 1.807) is 6.07 Å². The molecule has 0 amide bonds. The second kappa shape index (κ2) is 5.17. The van der Waals surface area contributed by atoms with Crippen molar-refractivity contribution in [2.75, 3.05) is 0 Å². The Bertz CT molecular complexity index is 530.